The molecule has 2 N–H and O–H groups in total. The monoisotopic (exact) mass is 564 g/mol. The first-order chi connectivity index (χ1) is 19.1. The molecule has 0 aliphatic carbocycles. The minimum absolute atomic E-state index is 0.118. The van der Waals surface area contributed by atoms with Crippen molar-refractivity contribution in [3.8, 4) is 0 Å². The van der Waals surface area contributed by atoms with E-state index in [9.17, 15) is 4.39 Å². The Morgan fingerprint density at radius 1 is 1.07 bits per heavy atom. The van der Waals surface area contributed by atoms with Crippen LogP contribution in [0.25, 0.3) is 17.0 Å². The number of nitrogens with one attached hydrogen (secondary N) is 1. The zero-order valence-corrected chi connectivity index (χ0v) is 26.0. The molecule has 40 heavy (non-hydrogen) atoms. The number of aromatic amines is 1. The first-order valence-electron chi connectivity index (χ1n) is 14.4. The average molecular weight is 565 g/mol. The summed E-state index contributed by atoms with van der Waals surface area (Å²) in [6.07, 6.45) is 12.8. The Hall–Kier alpha value is -2.95. The van der Waals surface area contributed by atoms with Crippen molar-refractivity contribution >= 4 is 34.3 Å². The molecule has 2 aromatic carbocycles. The highest BCUT2D eigenvalue weighted by atomic mass is 35.5. The zero-order valence-electron chi connectivity index (χ0n) is 25.2. The van der Waals surface area contributed by atoms with E-state index < -0.39 is 0 Å². The molecule has 3 aromatic rings. The third kappa shape index (κ3) is 9.91. The number of aliphatic hydroxyl groups excluding tert-OH is 1. The third-order valence-corrected chi connectivity index (χ3v) is 6.89. The summed E-state index contributed by atoms with van der Waals surface area (Å²) in [5, 5.41) is 9.68. The van der Waals surface area contributed by atoms with Crippen LogP contribution in [-0.2, 0) is 6.42 Å². The minimum Gasteiger partial charge on any atom is -0.396 e. The van der Waals surface area contributed by atoms with E-state index in [4.69, 9.17) is 16.7 Å². The molecule has 1 unspecified atom stereocenters. The molecular formula is C35H46ClFN2O. The summed E-state index contributed by atoms with van der Waals surface area (Å²) in [6.45, 7) is 14.8. The Morgan fingerprint density at radius 2 is 1.77 bits per heavy atom. The lowest BCUT2D eigenvalue weighted by atomic mass is 9.92. The van der Waals surface area contributed by atoms with E-state index in [-0.39, 0.29) is 23.4 Å². The lowest BCUT2D eigenvalue weighted by Gasteiger charge is -2.14. The summed E-state index contributed by atoms with van der Waals surface area (Å²) in [6, 6.07) is 11.9. The van der Waals surface area contributed by atoms with E-state index in [1.54, 1.807) is 6.07 Å². The van der Waals surface area contributed by atoms with Gasteiger partial charge in [-0.2, -0.15) is 0 Å². The van der Waals surface area contributed by atoms with Gasteiger partial charge < -0.3 is 10.1 Å². The molecule has 0 saturated carbocycles. The fourth-order valence-corrected chi connectivity index (χ4v) is 4.87. The second kappa shape index (κ2) is 17.0. The van der Waals surface area contributed by atoms with Crippen LogP contribution in [0.3, 0.4) is 0 Å². The van der Waals surface area contributed by atoms with Crippen LogP contribution >= 0.6 is 11.6 Å². The van der Waals surface area contributed by atoms with Crippen molar-refractivity contribution in [3.63, 3.8) is 0 Å². The van der Waals surface area contributed by atoms with Crippen LogP contribution in [0.4, 0.5) is 4.39 Å². The number of aromatic nitrogens is 1. The summed E-state index contributed by atoms with van der Waals surface area (Å²) >= 11 is 6.06. The van der Waals surface area contributed by atoms with Gasteiger partial charge in [-0.1, -0.05) is 86.9 Å². The molecule has 0 radical (unpaired) electrons. The number of aliphatic imine (C=N–C) groups is 1. The number of benzene rings is 2. The first-order valence-corrected chi connectivity index (χ1v) is 14.7. The molecule has 0 amide bonds. The number of aliphatic hydroxyl groups is 1. The van der Waals surface area contributed by atoms with Gasteiger partial charge >= 0.3 is 0 Å². The van der Waals surface area contributed by atoms with Gasteiger partial charge in [0, 0.05) is 40.5 Å². The van der Waals surface area contributed by atoms with Gasteiger partial charge in [0.25, 0.3) is 0 Å². The normalized spacial score (nSPS) is 12.9. The van der Waals surface area contributed by atoms with E-state index in [0.29, 0.717) is 11.8 Å². The van der Waals surface area contributed by atoms with E-state index in [0.717, 1.165) is 59.4 Å². The molecule has 5 heteroatoms. The summed E-state index contributed by atoms with van der Waals surface area (Å²) in [5.41, 5.74) is 8.66. The number of hydrogen-bond acceptors (Lipinski definition) is 2. The summed E-state index contributed by atoms with van der Waals surface area (Å²) < 4.78 is 14.8. The van der Waals surface area contributed by atoms with Crippen molar-refractivity contribution in [1.82, 2.24) is 4.98 Å². The molecule has 1 aromatic heterocycles. The van der Waals surface area contributed by atoms with Gasteiger partial charge in [-0.3, -0.25) is 4.99 Å². The molecule has 0 fully saturated rings. The van der Waals surface area contributed by atoms with E-state index >= 15 is 0 Å². The Bertz CT molecular complexity index is 1340. The largest absolute Gasteiger partial charge is 0.396 e. The second-order valence-electron chi connectivity index (χ2n) is 10.4. The second-order valence-corrected chi connectivity index (χ2v) is 10.8. The van der Waals surface area contributed by atoms with E-state index in [2.05, 4.69) is 81.0 Å². The molecular weight excluding hydrogens is 519 g/mol. The molecule has 1 atom stereocenters. The lowest BCUT2D eigenvalue weighted by Crippen LogP contribution is -2.01. The molecule has 3 nitrogen and oxygen atoms in total. The van der Waals surface area contributed by atoms with Crippen LogP contribution in [0.5, 0.6) is 0 Å². The smallest absolute Gasteiger partial charge is 0.151 e. The van der Waals surface area contributed by atoms with Gasteiger partial charge in [0.15, 0.2) is 5.82 Å². The Kier molecular flexibility index (Phi) is 14.1. The van der Waals surface area contributed by atoms with Crippen molar-refractivity contribution in [2.45, 2.75) is 86.5 Å². The van der Waals surface area contributed by atoms with Crippen LogP contribution < -0.4 is 0 Å². The predicted octanol–water partition coefficient (Wildman–Crippen LogP) is 10.6. The van der Waals surface area contributed by atoms with Gasteiger partial charge in [-0.25, -0.2) is 4.39 Å². The molecule has 3 rings (SSSR count). The summed E-state index contributed by atoms with van der Waals surface area (Å²) in [4.78, 5) is 7.86. The van der Waals surface area contributed by atoms with Gasteiger partial charge in [-0.15, -0.1) is 0 Å². The number of unbranched alkanes of at least 4 members (excludes halogenated alkanes) is 1. The molecule has 216 valence electrons. The number of allylic oxidation sites excluding steroid dienone is 4. The number of nitrogens with zero attached hydrogens (tertiary/aromatic N) is 1. The molecule has 0 aliphatic heterocycles. The summed E-state index contributed by atoms with van der Waals surface area (Å²) in [7, 11) is 0. The maximum Gasteiger partial charge on any atom is 0.151 e. The fraction of sp³-hybridized carbons (Fsp3) is 0.400. The van der Waals surface area contributed by atoms with Gasteiger partial charge in [0.05, 0.1) is 5.02 Å². The van der Waals surface area contributed by atoms with Crippen molar-refractivity contribution in [2.75, 3.05) is 6.61 Å². The molecule has 0 bridgehead atoms. The maximum absolute atomic E-state index is 14.8. The van der Waals surface area contributed by atoms with Crippen LogP contribution in [0.2, 0.25) is 5.02 Å². The number of aryl methyl sites for hydroxylation is 1. The van der Waals surface area contributed by atoms with E-state index in [1.807, 2.05) is 32.1 Å². The Balaban J connectivity index is 0.000000395. The number of halogens is 2. The zero-order chi connectivity index (χ0) is 29.7. The fourth-order valence-electron chi connectivity index (χ4n) is 4.71. The van der Waals surface area contributed by atoms with E-state index in [1.165, 1.54) is 11.1 Å². The lowest BCUT2D eigenvalue weighted by molar-refractivity contribution is 0.303. The highest BCUT2D eigenvalue weighted by molar-refractivity contribution is 6.31. The van der Waals surface area contributed by atoms with Crippen LogP contribution in [0.15, 0.2) is 70.9 Å². The third-order valence-electron chi connectivity index (χ3n) is 6.60. The van der Waals surface area contributed by atoms with Gasteiger partial charge in [0.2, 0.25) is 0 Å². The highest BCUT2D eigenvalue weighted by Gasteiger charge is 2.21. The average Bonchev–Trinajstić information content (AvgIpc) is 3.28. The van der Waals surface area contributed by atoms with Gasteiger partial charge in [-0.05, 0) is 88.3 Å². The highest BCUT2D eigenvalue weighted by Crippen LogP contribution is 2.36. The maximum atomic E-state index is 14.8. The van der Waals surface area contributed by atoms with Gasteiger partial charge in [0.1, 0.15) is 0 Å². The topological polar surface area (TPSA) is 48.4 Å². The van der Waals surface area contributed by atoms with Crippen molar-refractivity contribution in [2.24, 2.45) is 4.99 Å². The van der Waals surface area contributed by atoms with Crippen molar-refractivity contribution in [1.29, 1.82) is 0 Å². The molecule has 0 saturated heterocycles. The van der Waals surface area contributed by atoms with Crippen LogP contribution in [0, 0.1) is 5.82 Å². The van der Waals surface area contributed by atoms with Crippen LogP contribution in [-0.4, -0.2) is 22.4 Å². The Morgan fingerprint density at radius 3 is 2.38 bits per heavy atom. The predicted molar refractivity (Wildman–Crippen MR) is 173 cm³/mol. The number of hydrogen-bond donors (Lipinski definition) is 2. The SMILES string of the molecule is CC/C=C(\C)N=C(C)C=C(C)C.CCCCc1c(C(C)c2ccc(/C=C/CCO)cc2)[nH]c2ccc(Cl)c(F)c12. The van der Waals surface area contributed by atoms with Crippen LogP contribution in [0.1, 0.15) is 102 Å². The first kappa shape index (κ1) is 33.3. The quantitative estimate of drug-likeness (QED) is 0.223. The molecule has 1 heterocycles. The minimum atomic E-state index is -0.329. The van der Waals surface area contributed by atoms with Crippen molar-refractivity contribution in [3.05, 3.63) is 99.1 Å². The number of H-pyrrole nitrogens is 1. The number of fused-ring (bicyclic) bond motifs is 1. The molecule has 0 spiro atoms. The standard InChI is InChI=1S/C24H27ClFNO.C11H19N/c1-3-4-8-19-22-21(14-13-20(25)23(22)26)27-24(19)16(2)18-11-9-17(10-12-18)7-5-6-15-28;1-6-7-10(4)12-11(5)8-9(2)3/h5,7,9-14,16,27-28H,3-4,6,8,15H2,1-2H3;7-8H,6H2,1-5H3/b7-5+;10-7+,12-11?. The Labute approximate surface area is 245 Å². The van der Waals surface area contributed by atoms with Crippen molar-refractivity contribution < 1.29 is 9.50 Å². The number of rotatable bonds is 11. The molecule has 0 aliphatic rings. The summed E-state index contributed by atoms with van der Waals surface area (Å²) in [5.74, 6) is -0.211.